The van der Waals surface area contributed by atoms with E-state index in [9.17, 15) is 0 Å². The van der Waals surface area contributed by atoms with Gasteiger partial charge in [0.25, 0.3) is 0 Å². The SMILES string of the molecule is CCNC(=NCc1ccc(C)cc1OC(C)(C)C)NCCn1cc(C)cn1.I. The summed E-state index contributed by atoms with van der Waals surface area (Å²) in [5.41, 5.74) is 3.19. The maximum atomic E-state index is 6.13. The van der Waals surface area contributed by atoms with E-state index in [-0.39, 0.29) is 29.6 Å². The molecule has 0 aliphatic heterocycles. The van der Waals surface area contributed by atoms with Gasteiger partial charge in [-0.2, -0.15) is 5.10 Å². The Morgan fingerprint density at radius 3 is 2.54 bits per heavy atom. The number of aromatic nitrogens is 2. The van der Waals surface area contributed by atoms with Crippen molar-refractivity contribution in [1.29, 1.82) is 0 Å². The van der Waals surface area contributed by atoms with Gasteiger partial charge in [0.15, 0.2) is 5.96 Å². The summed E-state index contributed by atoms with van der Waals surface area (Å²) < 4.78 is 8.06. The van der Waals surface area contributed by atoms with Gasteiger partial charge >= 0.3 is 0 Å². The van der Waals surface area contributed by atoms with E-state index in [2.05, 4.69) is 68.6 Å². The number of ether oxygens (including phenoxy) is 1. The molecule has 0 fully saturated rings. The van der Waals surface area contributed by atoms with E-state index < -0.39 is 0 Å². The molecule has 2 rings (SSSR count). The summed E-state index contributed by atoms with van der Waals surface area (Å²) in [6.45, 7) is 15.3. The maximum absolute atomic E-state index is 6.13. The maximum Gasteiger partial charge on any atom is 0.191 e. The zero-order valence-electron chi connectivity index (χ0n) is 17.9. The van der Waals surface area contributed by atoms with Crippen molar-refractivity contribution in [3.63, 3.8) is 0 Å². The molecule has 6 nitrogen and oxygen atoms in total. The summed E-state index contributed by atoms with van der Waals surface area (Å²) in [5, 5.41) is 11.0. The molecule has 0 spiro atoms. The zero-order chi connectivity index (χ0) is 19.9. The number of hydrogen-bond donors (Lipinski definition) is 2. The highest BCUT2D eigenvalue weighted by molar-refractivity contribution is 14.0. The van der Waals surface area contributed by atoms with Gasteiger partial charge < -0.3 is 15.4 Å². The molecule has 1 heterocycles. The number of guanidine groups is 1. The molecule has 0 aliphatic carbocycles. The number of rotatable bonds is 7. The van der Waals surface area contributed by atoms with Gasteiger partial charge in [0.2, 0.25) is 0 Å². The van der Waals surface area contributed by atoms with Crippen LogP contribution in [0.4, 0.5) is 0 Å². The van der Waals surface area contributed by atoms with Crippen LogP contribution in [0.5, 0.6) is 5.75 Å². The lowest BCUT2D eigenvalue weighted by molar-refractivity contribution is 0.129. The van der Waals surface area contributed by atoms with Gasteiger partial charge in [0.05, 0.1) is 19.3 Å². The number of halogens is 1. The lowest BCUT2D eigenvalue weighted by atomic mass is 10.1. The predicted molar refractivity (Wildman–Crippen MR) is 127 cm³/mol. The van der Waals surface area contributed by atoms with Gasteiger partial charge in [0, 0.05) is 24.8 Å². The molecule has 0 unspecified atom stereocenters. The first-order valence-corrected chi connectivity index (χ1v) is 9.56. The molecule has 0 aliphatic rings. The summed E-state index contributed by atoms with van der Waals surface area (Å²) >= 11 is 0. The van der Waals surface area contributed by atoms with E-state index in [1.165, 1.54) is 11.1 Å². The number of nitrogens with zero attached hydrogens (tertiary/aromatic N) is 3. The molecule has 0 atom stereocenters. The molecule has 0 saturated heterocycles. The van der Waals surface area contributed by atoms with Crippen molar-refractivity contribution in [2.45, 2.75) is 60.2 Å². The first-order valence-electron chi connectivity index (χ1n) is 9.56. The third-order valence-electron chi connectivity index (χ3n) is 3.79. The Morgan fingerprint density at radius 2 is 1.93 bits per heavy atom. The average Bonchev–Trinajstić information content (AvgIpc) is 2.98. The second kappa shape index (κ2) is 11.3. The quantitative estimate of drug-likeness (QED) is 0.343. The number of hydrogen-bond acceptors (Lipinski definition) is 3. The van der Waals surface area contributed by atoms with Crippen LogP contribution in [0.2, 0.25) is 0 Å². The normalized spacial score (nSPS) is 11.7. The molecule has 1 aromatic heterocycles. The third kappa shape index (κ3) is 8.50. The predicted octanol–water partition coefficient (Wildman–Crippen LogP) is 4.05. The first-order chi connectivity index (χ1) is 12.8. The van der Waals surface area contributed by atoms with Crippen molar-refractivity contribution in [2.75, 3.05) is 13.1 Å². The van der Waals surface area contributed by atoms with Crippen LogP contribution >= 0.6 is 24.0 Å². The number of nitrogens with one attached hydrogen (secondary N) is 2. The van der Waals surface area contributed by atoms with Crippen LogP contribution < -0.4 is 15.4 Å². The molecule has 0 amide bonds. The second-order valence-electron chi connectivity index (χ2n) is 7.73. The average molecular weight is 499 g/mol. The van der Waals surface area contributed by atoms with Gasteiger partial charge in [-0.1, -0.05) is 12.1 Å². The van der Waals surface area contributed by atoms with Crippen LogP contribution in [-0.4, -0.2) is 34.4 Å². The summed E-state index contributed by atoms with van der Waals surface area (Å²) in [6, 6.07) is 6.27. The second-order valence-corrected chi connectivity index (χ2v) is 7.73. The zero-order valence-corrected chi connectivity index (χ0v) is 20.2. The van der Waals surface area contributed by atoms with Gasteiger partial charge in [-0.05, 0) is 58.7 Å². The van der Waals surface area contributed by atoms with Gasteiger partial charge in [-0.3, -0.25) is 4.68 Å². The fourth-order valence-electron chi connectivity index (χ4n) is 2.60. The summed E-state index contributed by atoms with van der Waals surface area (Å²) in [5.74, 6) is 1.69. The summed E-state index contributed by atoms with van der Waals surface area (Å²) in [6.07, 6.45) is 3.90. The Balaban J connectivity index is 0.00000392. The standard InChI is InChI=1S/C21H33N5O.HI/c1-7-22-20(23-10-11-26-15-17(3)13-25-26)24-14-18-9-8-16(2)12-19(18)27-21(4,5)6;/h8-9,12-13,15H,7,10-11,14H2,1-6H3,(H2,22,23,24);1H. The van der Waals surface area contributed by atoms with E-state index in [4.69, 9.17) is 9.73 Å². The molecule has 0 bridgehead atoms. The molecule has 28 heavy (non-hydrogen) atoms. The highest BCUT2D eigenvalue weighted by Crippen LogP contribution is 2.25. The fourth-order valence-corrected chi connectivity index (χ4v) is 2.60. The Labute approximate surface area is 186 Å². The Morgan fingerprint density at radius 1 is 1.18 bits per heavy atom. The van der Waals surface area contributed by atoms with Crippen LogP contribution in [0.25, 0.3) is 0 Å². The molecule has 156 valence electrons. The smallest absolute Gasteiger partial charge is 0.191 e. The van der Waals surface area contributed by atoms with Crippen molar-refractivity contribution in [2.24, 2.45) is 4.99 Å². The molecular formula is C21H34IN5O. The highest BCUT2D eigenvalue weighted by Gasteiger charge is 2.15. The molecule has 1 aromatic carbocycles. The molecular weight excluding hydrogens is 465 g/mol. The van der Waals surface area contributed by atoms with Gasteiger partial charge in [-0.15, -0.1) is 24.0 Å². The lowest BCUT2D eigenvalue weighted by Crippen LogP contribution is -2.38. The Bertz CT molecular complexity index is 764. The van der Waals surface area contributed by atoms with Crippen molar-refractivity contribution in [3.05, 3.63) is 47.3 Å². The molecule has 2 aromatic rings. The fraction of sp³-hybridized carbons (Fsp3) is 0.524. The largest absolute Gasteiger partial charge is 0.488 e. The van der Waals surface area contributed by atoms with Gasteiger partial charge in [-0.25, -0.2) is 4.99 Å². The molecule has 7 heteroatoms. The van der Waals surface area contributed by atoms with Crippen molar-refractivity contribution >= 4 is 29.9 Å². The number of aliphatic imine (C=N–C) groups is 1. The minimum Gasteiger partial charge on any atom is -0.488 e. The summed E-state index contributed by atoms with van der Waals surface area (Å²) in [7, 11) is 0. The lowest BCUT2D eigenvalue weighted by Gasteiger charge is -2.23. The van der Waals surface area contributed by atoms with E-state index in [1.807, 2.05) is 24.0 Å². The van der Waals surface area contributed by atoms with E-state index in [0.29, 0.717) is 6.54 Å². The van der Waals surface area contributed by atoms with Crippen LogP contribution in [0.3, 0.4) is 0 Å². The van der Waals surface area contributed by atoms with Crippen LogP contribution in [0.15, 0.2) is 35.6 Å². The monoisotopic (exact) mass is 499 g/mol. The van der Waals surface area contributed by atoms with E-state index in [1.54, 1.807) is 0 Å². The topological polar surface area (TPSA) is 63.5 Å². The minimum absolute atomic E-state index is 0. The van der Waals surface area contributed by atoms with Crippen LogP contribution in [-0.2, 0) is 13.1 Å². The minimum atomic E-state index is -0.239. The highest BCUT2D eigenvalue weighted by atomic mass is 127. The Hall–Kier alpha value is -1.77. The molecule has 0 radical (unpaired) electrons. The number of benzene rings is 1. The Kier molecular flexibility index (Phi) is 9.78. The van der Waals surface area contributed by atoms with Crippen molar-refractivity contribution in [1.82, 2.24) is 20.4 Å². The van der Waals surface area contributed by atoms with Crippen molar-refractivity contribution in [3.8, 4) is 5.75 Å². The molecule has 0 saturated carbocycles. The van der Waals surface area contributed by atoms with Crippen molar-refractivity contribution < 1.29 is 4.74 Å². The van der Waals surface area contributed by atoms with E-state index >= 15 is 0 Å². The first kappa shape index (κ1) is 24.3. The van der Waals surface area contributed by atoms with Crippen LogP contribution in [0, 0.1) is 13.8 Å². The van der Waals surface area contributed by atoms with Crippen LogP contribution in [0.1, 0.15) is 44.4 Å². The number of aryl methyl sites for hydroxylation is 2. The van der Waals surface area contributed by atoms with Gasteiger partial charge in [0.1, 0.15) is 11.4 Å². The summed E-state index contributed by atoms with van der Waals surface area (Å²) in [4.78, 5) is 4.73. The van der Waals surface area contributed by atoms with E-state index in [0.717, 1.165) is 36.9 Å². The molecule has 2 N–H and O–H groups in total. The third-order valence-corrected chi connectivity index (χ3v) is 3.79.